The standard InChI is InChI=1S/C28H27BrN4O3/c1-2-36-28(35)31-25(21-8-4-3-5-9-21)16-27(34)32-30-17-22-19-33(26-11-7-6-10-24(22)26)18-20-12-14-23(29)15-13-20/h3-15,17,19,25H,2,16,18H2,1H3,(H,31,35)(H,32,34)/b30-17-/t25-/m1/s1. The largest absolute Gasteiger partial charge is 0.450 e. The summed E-state index contributed by atoms with van der Waals surface area (Å²) < 4.78 is 8.19. The van der Waals surface area contributed by atoms with Crippen molar-refractivity contribution in [1.82, 2.24) is 15.3 Å². The number of rotatable bonds is 9. The van der Waals surface area contributed by atoms with Crippen LogP contribution in [0.5, 0.6) is 0 Å². The highest BCUT2D eigenvalue weighted by Crippen LogP contribution is 2.22. The van der Waals surface area contributed by atoms with Crippen LogP contribution in [0.15, 0.2) is 94.6 Å². The van der Waals surface area contributed by atoms with E-state index < -0.39 is 12.1 Å². The van der Waals surface area contributed by atoms with Gasteiger partial charge in [0.05, 0.1) is 25.3 Å². The smallest absolute Gasteiger partial charge is 0.407 e. The van der Waals surface area contributed by atoms with Crippen molar-refractivity contribution in [2.45, 2.75) is 25.9 Å². The number of hydrazone groups is 1. The van der Waals surface area contributed by atoms with E-state index in [0.717, 1.165) is 26.5 Å². The number of benzene rings is 3. The van der Waals surface area contributed by atoms with E-state index in [4.69, 9.17) is 4.74 Å². The number of para-hydroxylation sites is 1. The van der Waals surface area contributed by atoms with E-state index >= 15 is 0 Å². The molecule has 0 radical (unpaired) electrons. The zero-order chi connectivity index (χ0) is 25.3. The van der Waals surface area contributed by atoms with Gasteiger partial charge in [0.2, 0.25) is 5.91 Å². The van der Waals surface area contributed by atoms with Crippen molar-refractivity contribution in [3.05, 3.63) is 106 Å². The number of carbonyl (C=O) groups excluding carboxylic acids is 2. The lowest BCUT2D eigenvalue weighted by Crippen LogP contribution is -2.33. The number of hydrogen-bond acceptors (Lipinski definition) is 4. The molecule has 1 aromatic heterocycles. The predicted molar refractivity (Wildman–Crippen MR) is 145 cm³/mol. The van der Waals surface area contributed by atoms with E-state index in [1.165, 1.54) is 5.56 Å². The minimum atomic E-state index is -0.568. The van der Waals surface area contributed by atoms with Crippen molar-refractivity contribution in [3.63, 3.8) is 0 Å². The van der Waals surface area contributed by atoms with Crippen molar-refractivity contribution in [3.8, 4) is 0 Å². The average molecular weight is 547 g/mol. The summed E-state index contributed by atoms with van der Waals surface area (Å²) in [7, 11) is 0. The molecule has 1 heterocycles. The van der Waals surface area contributed by atoms with Crippen molar-refractivity contribution in [2.75, 3.05) is 6.61 Å². The maximum atomic E-state index is 12.7. The summed E-state index contributed by atoms with van der Waals surface area (Å²) in [6.07, 6.45) is 3.12. The second-order valence-electron chi connectivity index (χ2n) is 8.18. The maximum Gasteiger partial charge on any atom is 0.407 e. The summed E-state index contributed by atoms with van der Waals surface area (Å²) in [5, 5.41) is 7.99. The SMILES string of the molecule is CCOC(=O)N[C@H](CC(=O)N/N=C\c1cn(Cc2ccc(Br)cc2)c2ccccc12)c1ccccc1. The van der Waals surface area contributed by atoms with Gasteiger partial charge in [-0.2, -0.15) is 5.10 Å². The number of carbonyl (C=O) groups is 2. The van der Waals surface area contributed by atoms with E-state index in [1.807, 2.05) is 66.9 Å². The number of hydrogen-bond donors (Lipinski definition) is 2. The van der Waals surface area contributed by atoms with Crippen LogP contribution in [0.1, 0.15) is 36.1 Å². The molecule has 0 bridgehead atoms. The first-order valence-corrected chi connectivity index (χ1v) is 12.4. The summed E-state index contributed by atoms with van der Waals surface area (Å²) in [6, 6.07) is 25.1. The summed E-state index contributed by atoms with van der Waals surface area (Å²) in [4.78, 5) is 24.7. The molecular formula is C28H27BrN4O3. The Balaban J connectivity index is 1.46. The molecule has 2 N–H and O–H groups in total. The normalized spacial score (nSPS) is 11.9. The van der Waals surface area contributed by atoms with Crippen LogP contribution in [-0.4, -0.2) is 29.4 Å². The van der Waals surface area contributed by atoms with E-state index in [1.54, 1.807) is 13.1 Å². The molecular weight excluding hydrogens is 520 g/mol. The molecule has 0 spiro atoms. The third kappa shape index (κ3) is 6.60. The molecule has 0 unspecified atom stereocenters. The van der Waals surface area contributed by atoms with Gasteiger partial charge in [-0.25, -0.2) is 10.2 Å². The van der Waals surface area contributed by atoms with Gasteiger partial charge in [-0.15, -0.1) is 0 Å². The van der Waals surface area contributed by atoms with Gasteiger partial charge in [0.25, 0.3) is 0 Å². The van der Waals surface area contributed by atoms with Gasteiger partial charge in [0.1, 0.15) is 0 Å². The van der Waals surface area contributed by atoms with E-state index in [9.17, 15) is 9.59 Å². The van der Waals surface area contributed by atoms with Crippen LogP contribution >= 0.6 is 15.9 Å². The van der Waals surface area contributed by atoms with Crippen LogP contribution in [0, 0.1) is 0 Å². The number of alkyl carbamates (subject to hydrolysis) is 1. The quantitative estimate of drug-likeness (QED) is 0.206. The molecule has 8 heteroatoms. The number of halogens is 1. The molecule has 0 saturated carbocycles. The Morgan fingerprint density at radius 3 is 2.50 bits per heavy atom. The van der Waals surface area contributed by atoms with Crippen molar-refractivity contribution >= 4 is 45.0 Å². The van der Waals surface area contributed by atoms with E-state index in [0.29, 0.717) is 6.54 Å². The fourth-order valence-electron chi connectivity index (χ4n) is 3.95. The number of fused-ring (bicyclic) bond motifs is 1. The summed E-state index contributed by atoms with van der Waals surface area (Å²) in [5.41, 5.74) is 6.55. The Morgan fingerprint density at radius 1 is 1.03 bits per heavy atom. The molecule has 0 fully saturated rings. The van der Waals surface area contributed by atoms with Crippen LogP contribution in [0.4, 0.5) is 4.79 Å². The third-order valence-electron chi connectivity index (χ3n) is 5.64. The number of nitrogens with one attached hydrogen (secondary N) is 2. The predicted octanol–water partition coefficient (Wildman–Crippen LogP) is 5.78. The first-order chi connectivity index (χ1) is 17.5. The fourth-order valence-corrected chi connectivity index (χ4v) is 4.22. The molecule has 0 aliphatic carbocycles. The van der Waals surface area contributed by atoms with Gasteiger partial charge in [0.15, 0.2) is 0 Å². The summed E-state index contributed by atoms with van der Waals surface area (Å²) in [6.45, 7) is 2.69. The van der Waals surface area contributed by atoms with Gasteiger partial charge in [-0.05, 0) is 36.2 Å². The lowest BCUT2D eigenvalue weighted by Gasteiger charge is -2.18. The maximum absolute atomic E-state index is 12.7. The zero-order valence-corrected chi connectivity index (χ0v) is 21.4. The molecule has 0 aliphatic rings. The summed E-state index contributed by atoms with van der Waals surface area (Å²) >= 11 is 3.48. The number of amides is 2. The summed E-state index contributed by atoms with van der Waals surface area (Å²) in [5.74, 6) is -0.324. The number of nitrogens with zero attached hydrogens (tertiary/aromatic N) is 2. The first-order valence-electron chi connectivity index (χ1n) is 11.7. The van der Waals surface area contributed by atoms with Crippen LogP contribution < -0.4 is 10.7 Å². The van der Waals surface area contributed by atoms with E-state index in [2.05, 4.69) is 54.5 Å². The van der Waals surface area contributed by atoms with Crippen LogP contribution in [0.25, 0.3) is 10.9 Å². The lowest BCUT2D eigenvalue weighted by molar-refractivity contribution is -0.121. The molecule has 4 rings (SSSR count). The molecule has 36 heavy (non-hydrogen) atoms. The Morgan fingerprint density at radius 2 is 1.75 bits per heavy atom. The van der Waals surface area contributed by atoms with Gasteiger partial charge in [0, 0.05) is 33.7 Å². The van der Waals surface area contributed by atoms with Gasteiger partial charge < -0.3 is 14.6 Å². The highest BCUT2D eigenvalue weighted by atomic mass is 79.9. The van der Waals surface area contributed by atoms with Crippen LogP contribution in [0.3, 0.4) is 0 Å². The minimum Gasteiger partial charge on any atom is -0.450 e. The second kappa shape index (κ2) is 12.2. The van der Waals surface area contributed by atoms with Gasteiger partial charge >= 0.3 is 6.09 Å². The molecule has 0 saturated heterocycles. The fraction of sp³-hybridized carbons (Fsp3) is 0.179. The minimum absolute atomic E-state index is 0.0193. The van der Waals surface area contributed by atoms with Crippen LogP contribution in [-0.2, 0) is 16.1 Å². The topological polar surface area (TPSA) is 84.7 Å². The molecule has 1 atom stereocenters. The Labute approximate surface area is 218 Å². The van der Waals surface area contributed by atoms with Crippen molar-refractivity contribution < 1.29 is 14.3 Å². The third-order valence-corrected chi connectivity index (χ3v) is 6.17. The Kier molecular flexibility index (Phi) is 8.52. The molecule has 2 amide bonds. The highest BCUT2D eigenvalue weighted by molar-refractivity contribution is 9.10. The average Bonchev–Trinajstić information content (AvgIpc) is 3.23. The number of aromatic nitrogens is 1. The molecule has 4 aromatic rings. The molecule has 0 aliphatic heterocycles. The molecule has 7 nitrogen and oxygen atoms in total. The Bertz CT molecular complexity index is 1350. The Hall–Kier alpha value is -3.91. The van der Waals surface area contributed by atoms with Crippen molar-refractivity contribution in [2.24, 2.45) is 5.10 Å². The molecule has 3 aromatic carbocycles. The van der Waals surface area contributed by atoms with E-state index in [-0.39, 0.29) is 18.9 Å². The zero-order valence-electron chi connectivity index (χ0n) is 19.9. The van der Waals surface area contributed by atoms with Crippen LogP contribution in [0.2, 0.25) is 0 Å². The van der Waals surface area contributed by atoms with Gasteiger partial charge in [-0.3, -0.25) is 4.79 Å². The molecule has 184 valence electrons. The first kappa shape index (κ1) is 25.2. The highest BCUT2D eigenvalue weighted by Gasteiger charge is 2.19. The van der Waals surface area contributed by atoms with Crippen molar-refractivity contribution in [1.29, 1.82) is 0 Å². The number of ether oxygens (including phenoxy) is 1. The van der Waals surface area contributed by atoms with Gasteiger partial charge in [-0.1, -0.05) is 76.6 Å². The second-order valence-corrected chi connectivity index (χ2v) is 9.10. The monoisotopic (exact) mass is 546 g/mol. The lowest BCUT2D eigenvalue weighted by atomic mass is 10.0.